The molecular formula is C20H11F2N3O. The van der Waals surface area contributed by atoms with E-state index in [4.69, 9.17) is 0 Å². The molecule has 4 nitrogen and oxygen atoms in total. The predicted octanol–water partition coefficient (Wildman–Crippen LogP) is 4.72. The Kier molecular flexibility index (Phi) is 2.97. The third-order valence-electron chi connectivity index (χ3n) is 4.67. The summed E-state index contributed by atoms with van der Waals surface area (Å²) in [6.07, 6.45) is 0. The number of fused-ring (bicyclic) bond motifs is 4. The molecule has 3 aromatic carbocycles. The molecule has 1 aliphatic rings. The van der Waals surface area contributed by atoms with E-state index in [-0.39, 0.29) is 5.52 Å². The van der Waals surface area contributed by atoms with Crippen LogP contribution in [0.3, 0.4) is 0 Å². The highest BCUT2D eigenvalue weighted by Crippen LogP contribution is 2.42. The monoisotopic (exact) mass is 347 g/mol. The summed E-state index contributed by atoms with van der Waals surface area (Å²) in [5.41, 5.74) is 4.90. The number of nitrogens with one attached hydrogen (secondary N) is 1. The molecule has 5 rings (SSSR count). The lowest BCUT2D eigenvalue weighted by Crippen LogP contribution is -1.97. The molecule has 0 saturated carbocycles. The van der Waals surface area contributed by atoms with Crippen molar-refractivity contribution in [1.82, 2.24) is 9.97 Å². The van der Waals surface area contributed by atoms with Crippen LogP contribution in [0.1, 0.15) is 11.1 Å². The largest absolute Gasteiger partial charge is 0.410 e. The van der Waals surface area contributed by atoms with Crippen LogP contribution in [-0.2, 0) is 0 Å². The Bertz CT molecular complexity index is 1230. The van der Waals surface area contributed by atoms with Gasteiger partial charge in [-0.1, -0.05) is 47.6 Å². The topological polar surface area (TPSA) is 61.3 Å². The molecule has 0 radical (unpaired) electrons. The van der Waals surface area contributed by atoms with Gasteiger partial charge in [-0.2, -0.15) is 0 Å². The highest BCUT2D eigenvalue weighted by molar-refractivity contribution is 6.26. The third-order valence-corrected chi connectivity index (χ3v) is 4.67. The fourth-order valence-corrected chi connectivity index (χ4v) is 3.54. The van der Waals surface area contributed by atoms with Crippen molar-refractivity contribution >= 4 is 16.7 Å². The van der Waals surface area contributed by atoms with Crippen LogP contribution in [0, 0.1) is 11.6 Å². The first-order valence-electron chi connectivity index (χ1n) is 7.98. The van der Waals surface area contributed by atoms with Gasteiger partial charge in [0.15, 0.2) is 11.6 Å². The molecule has 2 N–H and O–H groups in total. The van der Waals surface area contributed by atoms with Crippen molar-refractivity contribution < 1.29 is 14.0 Å². The molecule has 0 spiro atoms. The first kappa shape index (κ1) is 14.8. The van der Waals surface area contributed by atoms with E-state index in [9.17, 15) is 14.0 Å². The SMILES string of the molecule is ON=C1c2ccccc2-c2c1cccc2-c1nc2c(F)c(F)ccc2[nH]1. The van der Waals surface area contributed by atoms with E-state index < -0.39 is 11.6 Å². The van der Waals surface area contributed by atoms with Crippen molar-refractivity contribution in [1.29, 1.82) is 0 Å². The summed E-state index contributed by atoms with van der Waals surface area (Å²) in [6, 6.07) is 15.6. The average Bonchev–Trinajstić information content (AvgIpc) is 3.24. The van der Waals surface area contributed by atoms with Crippen molar-refractivity contribution in [3.05, 3.63) is 77.4 Å². The van der Waals surface area contributed by atoms with E-state index in [0.29, 0.717) is 17.1 Å². The molecule has 0 aliphatic heterocycles. The van der Waals surface area contributed by atoms with Crippen molar-refractivity contribution in [3.8, 4) is 22.5 Å². The number of imidazole rings is 1. The van der Waals surface area contributed by atoms with Gasteiger partial charge in [-0.15, -0.1) is 0 Å². The van der Waals surface area contributed by atoms with Gasteiger partial charge in [0, 0.05) is 22.3 Å². The van der Waals surface area contributed by atoms with E-state index >= 15 is 0 Å². The number of halogens is 2. The summed E-state index contributed by atoms with van der Waals surface area (Å²) in [7, 11) is 0. The van der Waals surface area contributed by atoms with Crippen LogP contribution in [0.4, 0.5) is 8.78 Å². The highest BCUT2D eigenvalue weighted by atomic mass is 19.2. The van der Waals surface area contributed by atoms with Crippen LogP contribution in [0.15, 0.2) is 59.8 Å². The fraction of sp³-hybridized carbons (Fsp3) is 0. The lowest BCUT2D eigenvalue weighted by Gasteiger charge is -2.06. The van der Waals surface area contributed by atoms with Crippen LogP contribution in [0.2, 0.25) is 0 Å². The van der Waals surface area contributed by atoms with Crippen LogP contribution in [-0.4, -0.2) is 20.9 Å². The molecule has 26 heavy (non-hydrogen) atoms. The molecular weight excluding hydrogens is 336 g/mol. The maximum absolute atomic E-state index is 14.0. The Labute approximate surface area is 146 Å². The quantitative estimate of drug-likeness (QED) is 0.341. The second-order valence-electron chi connectivity index (χ2n) is 6.07. The van der Waals surface area contributed by atoms with Gasteiger partial charge in [0.1, 0.15) is 17.1 Å². The number of hydrogen-bond acceptors (Lipinski definition) is 3. The Morgan fingerprint density at radius 3 is 2.38 bits per heavy atom. The normalized spacial score (nSPS) is 14.0. The minimum absolute atomic E-state index is 0.0417. The zero-order valence-electron chi connectivity index (χ0n) is 13.3. The summed E-state index contributed by atoms with van der Waals surface area (Å²) in [5.74, 6) is -1.49. The Morgan fingerprint density at radius 1 is 0.846 bits per heavy atom. The molecule has 0 atom stereocenters. The molecule has 1 heterocycles. The number of aromatic nitrogens is 2. The van der Waals surface area contributed by atoms with Crippen LogP contribution in [0.25, 0.3) is 33.5 Å². The molecule has 1 aromatic heterocycles. The number of hydrogen-bond donors (Lipinski definition) is 2. The van der Waals surface area contributed by atoms with Crippen LogP contribution >= 0.6 is 0 Å². The number of aromatic amines is 1. The van der Waals surface area contributed by atoms with Crippen molar-refractivity contribution in [2.45, 2.75) is 0 Å². The molecule has 126 valence electrons. The number of H-pyrrole nitrogens is 1. The van der Waals surface area contributed by atoms with Gasteiger partial charge in [0.25, 0.3) is 0 Å². The highest BCUT2D eigenvalue weighted by Gasteiger charge is 2.28. The summed E-state index contributed by atoms with van der Waals surface area (Å²) in [6.45, 7) is 0. The van der Waals surface area contributed by atoms with Gasteiger partial charge in [-0.05, 0) is 17.7 Å². The standard InChI is InChI=1S/C20H11F2N3O/c21-14-8-9-15-19(17(14)22)24-20(23-15)13-7-3-6-12-16(13)10-4-1-2-5-11(10)18(12)25-26/h1-9,26H,(H,23,24). The van der Waals surface area contributed by atoms with Gasteiger partial charge >= 0.3 is 0 Å². The van der Waals surface area contributed by atoms with Crippen molar-refractivity contribution in [2.24, 2.45) is 5.16 Å². The van der Waals surface area contributed by atoms with Crippen LogP contribution < -0.4 is 0 Å². The minimum atomic E-state index is -0.976. The van der Waals surface area contributed by atoms with E-state index in [0.717, 1.165) is 33.9 Å². The average molecular weight is 347 g/mol. The lowest BCUT2D eigenvalue weighted by molar-refractivity contribution is 0.320. The Morgan fingerprint density at radius 2 is 1.58 bits per heavy atom. The van der Waals surface area contributed by atoms with Gasteiger partial charge in [-0.3, -0.25) is 0 Å². The molecule has 0 amide bonds. The zero-order valence-corrected chi connectivity index (χ0v) is 13.3. The molecule has 0 unspecified atom stereocenters. The number of nitrogens with zero attached hydrogens (tertiary/aromatic N) is 2. The van der Waals surface area contributed by atoms with Crippen molar-refractivity contribution in [3.63, 3.8) is 0 Å². The maximum Gasteiger partial charge on any atom is 0.186 e. The Hall–Kier alpha value is -3.54. The predicted molar refractivity (Wildman–Crippen MR) is 94.3 cm³/mol. The van der Waals surface area contributed by atoms with Gasteiger partial charge < -0.3 is 10.2 Å². The van der Waals surface area contributed by atoms with Gasteiger partial charge in [0.05, 0.1) is 5.52 Å². The molecule has 0 saturated heterocycles. The molecule has 0 fully saturated rings. The lowest BCUT2D eigenvalue weighted by atomic mass is 9.99. The fourth-order valence-electron chi connectivity index (χ4n) is 3.54. The number of benzene rings is 3. The summed E-state index contributed by atoms with van der Waals surface area (Å²) in [5, 5.41) is 12.9. The smallest absolute Gasteiger partial charge is 0.186 e. The maximum atomic E-state index is 14.0. The third kappa shape index (κ3) is 1.86. The van der Waals surface area contributed by atoms with Gasteiger partial charge in [0.2, 0.25) is 0 Å². The summed E-state index contributed by atoms with van der Waals surface area (Å²) >= 11 is 0. The zero-order chi connectivity index (χ0) is 17.8. The van der Waals surface area contributed by atoms with Gasteiger partial charge in [-0.25, -0.2) is 13.8 Å². The molecule has 4 aromatic rings. The van der Waals surface area contributed by atoms with Crippen LogP contribution in [0.5, 0.6) is 0 Å². The van der Waals surface area contributed by atoms with E-state index in [2.05, 4.69) is 15.1 Å². The number of oxime groups is 1. The first-order chi connectivity index (χ1) is 12.7. The number of rotatable bonds is 1. The Balaban J connectivity index is 1.82. The molecule has 6 heteroatoms. The van der Waals surface area contributed by atoms with E-state index in [1.54, 1.807) is 0 Å². The first-order valence-corrected chi connectivity index (χ1v) is 7.98. The van der Waals surface area contributed by atoms with E-state index in [1.807, 2.05) is 42.5 Å². The molecule has 1 aliphatic carbocycles. The second-order valence-corrected chi connectivity index (χ2v) is 6.07. The van der Waals surface area contributed by atoms with Crippen molar-refractivity contribution in [2.75, 3.05) is 0 Å². The summed E-state index contributed by atoms with van der Waals surface area (Å²) in [4.78, 5) is 7.32. The minimum Gasteiger partial charge on any atom is -0.410 e. The summed E-state index contributed by atoms with van der Waals surface area (Å²) < 4.78 is 27.5. The second kappa shape index (κ2) is 5.23. The molecule has 0 bridgehead atoms. The van der Waals surface area contributed by atoms with E-state index in [1.165, 1.54) is 6.07 Å².